The molecule has 0 aliphatic carbocycles. The third kappa shape index (κ3) is 2.79. The Kier molecular flexibility index (Phi) is 3.93. The van der Waals surface area contributed by atoms with Gasteiger partial charge in [0.2, 0.25) is 0 Å². The van der Waals surface area contributed by atoms with Crippen LogP contribution in [-0.4, -0.2) is 32.1 Å². The SMILES string of the molecule is Cc1cn2cc(-c3cc(F)c4c(=O)n(C5CCOC5)cnc4c3)cc(C#N)c2n1. The normalized spacial score (nSPS) is 16.5. The first kappa shape index (κ1) is 17.5. The van der Waals surface area contributed by atoms with Gasteiger partial charge >= 0.3 is 0 Å². The minimum absolute atomic E-state index is 0.0387. The van der Waals surface area contributed by atoms with Crippen LogP contribution in [0.5, 0.6) is 0 Å². The summed E-state index contributed by atoms with van der Waals surface area (Å²) in [6.07, 6.45) is 5.75. The van der Waals surface area contributed by atoms with Crippen molar-refractivity contribution >= 4 is 16.6 Å². The Balaban J connectivity index is 1.69. The molecular formula is C21H16FN5O2. The maximum Gasteiger partial charge on any atom is 0.264 e. The Hall–Kier alpha value is -3.57. The molecule has 1 atom stereocenters. The molecule has 4 heterocycles. The maximum absolute atomic E-state index is 15.0. The minimum atomic E-state index is -0.635. The number of halogens is 1. The van der Waals surface area contributed by atoms with Crippen LogP contribution in [0.3, 0.4) is 0 Å². The van der Waals surface area contributed by atoms with Crippen molar-refractivity contribution in [3.63, 3.8) is 0 Å². The highest BCUT2D eigenvalue weighted by molar-refractivity contribution is 5.84. The summed E-state index contributed by atoms with van der Waals surface area (Å²) in [5.41, 5.74) is 2.77. The molecule has 0 bridgehead atoms. The molecule has 0 radical (unpaired) electrons. The Morgan fingerprint density at radius 2 is 2.14 bits per heavy atom. The monoisotopic (exact) mass is 389 g/mol. The van der Waals surface area contributed by atoms with Crippen molar-refractivity contribution in [2.75, 3.05) is 13.2 Å². The molecule has 1 fully saturated rings. The average Bonchev–Trinajstić information content (AvgIpc) is 3.35. The number of hydrogen-bond donors (Lipinski definition) is 0. The largest absolute Gasteiger partial charge is 0.379 e. The van der Waals surface area contributed by atoms with Gasteiger partial charge in [0.25, 0.3) is 5.56 Å². The first-order chi connectivity index (χ1) is 14.0. The third-order valence-corrected chi connectivity index (χ3v) is 5.26. The molecule has 29 heavy (non-hydrogen) atoms. The van der Waals surface area contributed by atoms with Crippen molar-refractivity contribution in [2.24, 2.45) is 0 Å². The maximum atomic E-state index is 15.0. The molecule has 3 aromatic heterocycles. The van der Waals surface area contributed by atoms with Crippen LogP contribution in [0.4, 0.5) is 4.39 Å². The number of aryl methyl sites for hydroxylation is 1. The Morgan fingerprint density at radius 3 is 2.90 bits per heavy atom. The molecule has 1 aliphatic heterocycles. The number of rotatable bonds is 2. The molecule has 7 nitrogen and oxygen atoms in total. The van der Waals surface area contributed by atoms with Crippen molar-refractivity contribution in [2.45, 2.75) is 19.4 Å². The fraction of sp³-hybridized carbons (Fsp3) is 0.238. The summed E-state index contributed by atoms with van der Waals surface area (Å²) in [6, 6.07) is 6.66. The summed E-state index contributed by atoms with van der Waals surface area (Å²) in [6.45, 7) is 2.84. The first-order valence-electron chi connectivity index (χ1n) is 9.23. The number of benzene rings is 1. The van der Waals surface area contributed by atoms with Crippen molar-refractivity contribution in [1.29, 1.82) is 5.26 Å². The number of hydrogen-bond acceptors (Lipinski definition) is 5. The van der Waals surface area contributed by atoms with E-state index in [1.807, 2.05) is 6.92 Å². The molecule has 1 aromatic carbocycles. The summed E-state index contributed by atoms with van der Waals surface area (Å²) in [4.78, 5) is 21.5. The fourth-order valence-corrected chi connectivity index (χ4v) is 3.84. The van der Waals surface area contributed by atoms with E-state index in [4.69, 9.17) is 4.74 Å². The van der Waals surface area contributed by atoms with Gasteiger partial charge in [0.05, 0.1) is 35.8 Å². The molecule has 144 valence electrons. The smallest absolute Gasteiger partial charge is 0.264 e. The van der Waals surface area contributed by atoms with Crippen molar-refractivity contribution < 1.29 is 9.13 Å². The summed E-state index contributed by atoms with van der Waals surface area (Å²) < 4.78 is 23.5. The lowest BCUT2D eigenvalue weighted by Crippen LogP contribution is -2.26. The quantitative estimate of drug-likeness (QED) is 0.526. The number of fused-ring (bicyclic) bond motifs is 2. The molecule has 0 N–H and O–H groups in total. The van der Waals surface area contributed by atoms with E-state index in [9.17, 15) is 14.4 Å². The highest BCUT2D eigenvalue weighted by Crippen LogP contribution is 2.27. The van der Waals surface area contributed by atoms with Crippen LogP contribution in [0.1, 0.15) is 23.7 Å². The second-order valence-corrected chi connectivity index (χ2v) is 7.19. The van der Waals surface area contributed by atoms with Crippen molar-refractivity contribution in [3.8, 4) is 17.2 Å². The summed E-state index contributed by atoms with van der Waals surface area (Å²) in [5.74, 6) is -0.635. The van der Waals surface area contributed by atoms with E-state index in [0.29, 0.717) is 42.0 Å². The molecule has 1 saturated heterocycles. The Bertz CT molecular complexity index is 1380. The number of nitriles is 1. The van der Waals surface area contributed by atoms with Crippen LogP contribution in [-0.2, 0) is 4.74 Å². The van der Waals surface area contributed by atoms with E-state index in [-0.39, 0.29) is 16.9 Å². The van der Waals surface area contributed by atoms with Gasteiger partial charge in [-0.25, -0.2) is 14.4 Å². The standard InChI is InChI=1S/C21H16FN5O2/c1-12-8-26-9-15(4-14(7-23)20(26)25-12)13-5-17(22)19-18(6-13)24-11-27(21(19)28)16-2-3-29-10-16/h4-6,8-9,11,16H,2-3,10H2,1H3. The molecule has 0 amide bonds. The van der Waals surface area contributed by atoms with E-state index in [2.05, 4.69) is 16.0 Å². The Morgan fingerprint density at radius 1 is 1.28 bits per heavy atom. The van der Waals surface area contributed by atoms with Gasteiger partial charge in [-0.15, -0.1) is 0 Å². The zero-order valence-electron chi connectivity index (χ0n) is 15.6. The predicted octanol–water partition coefficient (Wildman–Crippen LogP) is 2.99. The number of aromatic nitrogens is 4. The molecule has 0 saturated carbocycles. The number of pyridine rings is 1. The molecule has 4 aromatic rings. The van der Waals surface area contributed by atoms with Gasteiger partial charge in [0.15, 0.2) is 5.65 Å². The number of ether oxygens (including phenoxy) is 1. The highest BCUT2D eigenvalue weighted by atomic mass is 19.1. The highest BCUT2D eigenvalue weighted by Gasteiger charge is 2.21. The van der Waals surface area contributed by atoms with E-state index in [1.54, 1.807) is 28.9 Å². The van der Waals surface area contributed by atoms with Crippen LogP contribution >= 0.6 is 0 Å². The van der Waals surface area contributed by atoms with Crippen LogP contribution < -0.4 is 5.56 Å². The lowest BCUT2D eigenvalue weighted by Gasteiger charge is -2.13. The minimum Gasteiger partial charge on any atom is -0.379 e. The molecule has 1 unspecified atom stereocenters. The van der Waals surface area contributed by atoms with E-state index < -0.39 is 11.4 Å². The van der Waals surface area contributed by atoms with Crippen LogP contribution in [0.15, 0.2) is 41.7 Å². The van der Waals surface area contributed by atoms with Crippen molar-refractivity contribution in [3.05, 3.63) is 64.3 Å². The zero-order chi connectivity index (χ0) is 20.1. The second-order valence-electron chi connectivity index (χ2n) is 7.19. The van der Waals surface area contributed by atoms with Gasteiger partial charge in [-0.2, -0.15) is 5.26 Å². The fourth-order valence-electron chi connectivity index (χ4n) is 3.84. The zero-order valence-corrected chi connectivity index (χ0v) is 15.6. The van der Waals surface area contributed by atoms with E-state index in [0.717, 1.165) is 5.69 Å². The molecule has 1 aliphatic rings. The summed E-state index contributed by atoms with van der Waals surface area (Å²) in [7, 11) is 0. The van der Waals surface area contributed by atoms with E-state index in [1.165, 1.54) is 17.0 Å². The second kappa shape index (κ2) is 6.50. The molecule has 5 rings (SSSR count). The summed E-state index contributed by atoms with van der Waals surface area (Å²) >= 11 is 0. The Labute approximate surface area is 164 Å². The summed E-state index contributed by atoms with van der Waals surface area (Å²) in [5, 5.41) is 9.43. The lowest BCUT2D eigenvalue weighted by atomic mass is 10.0. The third-order valence-electron chi connectivity index (χ3n) is 5.26. The average molecular weight is 389 g/mol. The van der Waals surface area contributed by atoms with Gasteiger partial charge in [0, 0.05) is 19.0 Å². The van der Waals surface area contributed by atoms with Crippen LogP contribution in [0.25, 0.3) is 27.7 Å². The van der Waals surface area contributed by atoms with Crippen LogP contribution in [0.2, 0.25) is 0 Å². The van der Waals surface area contributed by atoms with Gasteiger partial charge in [-0.1, -0.05) is 0 Å². The molecular weight excluding hydrogens is 373 g/mol. The van der Waals surface area contributed by atoms with Gasteiger partial charge in [-0.05, 0) is 42.7 Å². The predicted molar refractivity (Wildman–Crippen MR) is 104 cm³/mol. The first-order valence-corrected chi connectivity index (χ1v) is 9.23. The molecule has 0 spiro atoms. The number of imidazole rings is 1. The van der Waals surface area contributed by atoms with E-state index >= 15 is 0 Å². The van der Waals surface area contributed by atoms with Crippen molar-refractivity contribution in [1.82, 2.24) is 18.9 Å². The van der Waals surface area contributed by atoms with Gasteiger partial charge < -0.3 is 9.14 Å². The lowest BCUT2D eigenvalue weighted by molar-refractivity contribution is 0.186. The molecule has 8 heteroatoms. The van der Waals surface area contributed by atoms with Crippen LogP contribution in [0, 0.1) is 24.1 Å². The van der Waals surface area contributed by atoms with Gasteiger partial charge in [0.1, 0.15) is 17.3 Å². The van der Waals surface area contributed by atoms with Gasteiger partial charge in [-0.3, -0.25) is 9.36 Å². The topological polar surface area (TPSA) is 85.2 Å². The number of nitrogens with zero attached hydrogens (tertiary/aromatic N) is 5.